The van der Waals surface area contributed by atoms with E-state index < -0.39 is 0 Å². The topological polar surface area (TPSA) is 55.9 Å². The Balaban J connectivity index is 1.74. The van der Waals surface area contributed by atoms with Crippen molar-refractivity contribution < 1.29 is 4.52 Å². The summed E-state index contributed by atoms with van der Waals surface area (Å²) >= 11 is 0. The van der Waals surface area contributed by atoms with Crippen LogP contribution < -0.4 is 5.32 Å². The van der Waals surface area contributed by atoms with Crippen LogP contribution in [0, 0.1) is 0 Å². The van der Waals surface area contributed by atoms with Crippen molar-refractivity contribution in [3.8, 4) is 0 Å². The number of nitrogens with one attached hydrogen (secondary N) is 1. The molecule has 0 aromatic carbocycles. The summed E-state index contributed by atoms with van der Waals surface area (Å²) in [4.78, 5) is 4.38. The zero-order valence-corrected chi connectivity index (χ0v) is 12.9. The van der Waals surface area contributed by atoms with E-state index in [1.807, 2.05) is 6.92 Å². The highest BCUT2D eigenvalue weighted by molar-refractivity contribution is 5.30. The first-order valence-corrected chi connectivity index (χ1v) is 8.03. The molecule has 0 amide bonds. The van der Waals surface area contributed by atoms with Gasteiger partial charge < -0.3 is 14.4 Å². The van der Waals surface area contributed by atoms with E-state index in [0.717, 1.165) is 18.8 Å². The van der Waals surface area contributed by atoms with E-state index in [1.165, 1.54) is 36.8 Å². The molecule has 1 aliphatic rings. The molecule has 0 saturated carbocycles. The van der Waals surface area contributed by atoms with E-state index in [2.05, 4.69) is 39.3 Å². The van der Waals surface area contributed by atoms with Gasteiger partial charge in [-0.1, -0.05) is 19.0 Å². The quantitative estimate of drug-likeness (QED) is 0.888. The van der Waals surface area contributed by atoms with E-state index in [9.17, 15) is 0 Å². The minimum Gasteiger partial charge on any atom is -0.346 e. The number of fused-ring (bicyclic) bond motifs is 1. The first-order valence-electron chi connectivity index (χ1n) is 8.03. The molecule has 1 atom stereocenters. The Morgan fingerprint density at radius 2 is 2.29 bits per heavy atom. The largest absolute Gasteiger partial charge is 0.346 e. The Bertz CT molecular complexity index is 587. The van der Waals surface area contributed by atoms with Crippen LogP contribution in [0.3, 0.4) is 0 Å². The van der Waals surface area contributed by atoms with Crippen LogP contribution in [0.1, 0.15) is 62.0 Å². The Labute approximate surface area is 125 Å². The number of hydrogen-bond donors (Lipinski definition) is 1. The molecule has 3 rings (SSSR count). The van der Waals surface area contributed by atoms with Gasteiger partial charge in [-0.05, 0) is 43.4 Å². The number of aromatic nitrogens is 3. The molecule has 0 radical (unpaired) electrons. The zero-order chi connectivity index (χ0) is 14.7. The Morgan fingerprint density at radius 1 is 1.38 bits per heavy atom. The van der Waals surface area contributed by atoms with E-state index in [0.29, 0.717) is 18.5 Å². The molecule has 1 unspecified atom stereocenters. The van der Waals surface area contributed by atoms with Gasteiger partial charge in [0, 0.05) is 24.9 Å². The summed E-state index contributed by atoms with van der Waals surface area (Å²) in [5.41, 5.74) is 2.92. The monoisotopic (exact) mass is 288 g/mol. The third-order valence-electron chi connectivity index (χ3n) is 4.09. The van der Waals surface area contributed by atoms with Gasteiger partial charge in [-0.25, -0.2) is 0 Å². The Hall–Kier alpha value is -1.62. The molecule has 1 aliphatic carbocycles. The molecule has 2 heterocycles. The highest BCUT2D eigenvalue weighted by Crippen LogP contribution is 2.30. The molecule has 2 aromatic rings. The van der Waals surface area contributed by atoms with Crippen molar-refractivity contribution in [3.05, 3.63) is 35.2 Å². The van der Waals surface area contributed by atoms with Gasteiger partial charge in [0.25, 0.3) is 0 Å². The van der Waals surface area contributed by atoms with Crippen molar-refractivity contribution in [2.24, 2.45) is 0 Å². The molecular formula is C16H24N4O. The first kappa shape index (κ1) is 14.3. The summed E-state index contributed by atoms with van der Waals surface area (Å²) in [7, 11) is 0. The molecule has 21 heavy (non-hydrogen) atoms. The van der Waals surface area contributed by atoms with E-state index in [-0.39, 0.29) is 0 Å². The minimum absolute atomic E-state index is 0.506. The lowest BCUT2D eigenvalue weighted by Crippen LogP contribution is -2.24. The molecule has 0 saturated heterocycles. The second-order valence-electron chi connectivity index (χ2n) is 5.77. The SMILES string of the molecule is CCCNC1CCCc2cn(Cc3noc(CC)n3)cc21. The average molecular weight is 288 g/mol. The van der Waals surface area contributed by atoms with Crippen LogP contribution in [0.15, 0.2) is 16.9 Å². The number of aryl methyl sites for hydroxylation is 2. The molecule has 114 valence electrons. The van der Waals surface area contributed by atoms with Crippen LogP contribution >= 0.6 is 0 Å². The fraction of sp³-hybridized carbons (Fsp3) is 0.625. The molecule has 2 aromatic heterocycles. The fourth-order valence-electron chi connectivity index (χ4n) is 3.03. The van der Waals surface area contributed by atoms with E-state index in [4.69, 9.17) is 4.52 Å². The van der Waals surface area contributed by atoms with Gasteiger partial charge >= 0.3 is 0 Å². The van der Waals surface area contributed by atoms with Gasteiger partial charge in [-0.15, -0.1) is 0 Å². The Morgan fingerprint density at radius 3 is 3.05 bits per heavy atom. The fourth-order valence-corrected chi connectivity index (χ4v) is 3.03. The maximum atomic E-state index is 5.18. The maximum absolute atomic E-state index is 5.18. The summed E-state index contributed by atoms with van der Waals surface area (Å²) < 4.78 is 7.37. The third-order valence-corrected chi connectivity index (χ3v) is 4.09. The van der Waals surface area contributed by atoms with Crippen LogP contribution in [0.25, 0.3) is 0 Å². The van der Waals surface area contributed by atoms with Crippen molar-refractivity contribution in [3.63, 3.8) is 0 Å². The molecule has 5 heteroatoms. The summed E-state index contributed by atoms with van der Waals surface area (Å²) in [6.45, 7) is 6.01. The zero-order valence-electron chi connectivity index (χ0n) is 12.9. The highest BCUT2D eigenvalue weighted by Gasteiger charge is 2.21. The van der Waals surface area contributed by atoms with Crippen LogP contribution in [0.5, 0.6) is 0 Å². The van der Waals surface area contributed by atoms with Crippen LogP contribution in [0.2, 0.25) is 0 Å². The third kappa shape index (κ3) is 3.18. The summed E-state index contributed by atoms with van der Waals surface area (Å²) in [6.07, 6.45) is 10.1. The van der Waals surface area contributed by atoms with Gasteiger partial charge in [0.05, 0.1) is 6.54 Å². The van der Waals surface area contributed by atoms with Crippen molar-refractivity contribution in [1.82, 2.24) is 20.0 Å². The minimum atomic E-state index is 0.506. The van der Waals surface area contributed by atoms with E-state index in [1.54, 1.807) is 0 Å². The van der Waals surface area contributed by atoms with Gasteiger partial charge in [0.1, 0.15) is 0 Å². The normalized spacial score (nSPS) is 17.9. The molecule has 0 bridgehead atoms. The first-order chi connectivity index (χ1) is 10.3. The number of hydrogen-bond acceptors (Lipinski definition) is 4. The van der Waals surface area contributed by atoms with Crippen molar-refractivity contribution in [1.29, 1.82) is 0 Å². The lowest BCUT2D eigenvalue weighted by molar-refractivity contribution is 0.375. The predicted molar refractivity (Wildman–Crippen MR) is 81.2 cm³/mol. The molecule has 0 spiro atoms. The second-order valence-corrected chi connectivity index (χ2v) is 5.77. The molecule has 0 aliphatic heterocycles. The second kappa shape index (κ2) is 6.43. The average Bonchev–Trinajstić information content (AvgIpc) is 3.11. The van der Waals surface area contributed by atoms with E-state index >= 15 is 0 Å². The molecule has 5 nitrogen and oxygen atoms in total. The Kier molecular flexibility index (Phi) is 4.39. The number of rotatable bonds is 6. The van der Waals surface area contributed by atoms with Gasteiger partial charge in [-0.3, -0.25) is 0 Å². The van der Waals surface area contributed by atoms with Gasteiger partial charge in [0.15, 0.2) is 5.82 Å². The lowest BCUT2D eigenvalue weighted by Gasteiger charge is -2.23. The molecule has 0 fully saturated rings. The summed E-state index contributed by atoms with van der Waals surface area (Å²) in [6, 6.07) is 0.506. The van der Waals surface area contributed by atoms with Crippen molar-refractivity contribution in [2.75, 3.05) is 6.54 Å². The van der Waals surface area contributed by atoms with Crippen molar-refractivity contribution >= 4 is 0 Å². The van der Waals surface area contributed by atoms with Crippen LogP contribution in [-0.2, 0) is 19.4 Å². The maximum Gasteiger partial charge on any atom is 0.226 e. The van der Waals surface area contributed by atoms with Crippen LogP contribution in [0.4, 0.5) is 0 Å². The van der Waals surface area contributed by atoms with Crippen molar-refractivity contribution in [2.45, 2.75) is 58.5 Å². The predicted octanol–water partition coefficient (Wildman–Crippen LogP) is 2.86. The highest BCUT2D eigenvalue weighted by atomic mass is 16.5. The lowest BCUT2D eigenvalue weighted by atomic mass is 9.91. The summed E-state index contributed by atoms with van der Waals surface area (Å²) in [5.74, 6) is 1.47. The number of nitrogens with zero attached hydrogens (tertiary/aromatic N) is 3. The smallest absolute Gasteiger partial charge is 0.226 e. The molecule has 1 N–H and O–H groups in total. The van der Waals surface area contributed by atoms with Gasteiger partial charge in [0.2, 0.25) is 5.89 Å². The molecular weight excluding hydrogens is 264 g/mol. The van der Waals surface area contributed by atoms with Crippen LogP contribution in [-0.4, -0.2) is 21.3 Å². The van der Waals surface area contributed by atoms with Gasteiger partial charge in [-0.2, -0.15) is 4.98 Å². The standard InChI is InChI=1S/C16H24N4O/c1-3-8-17-14-7-5-6-12-9-20(10-13(12)14)11-15-18-16(4-2)21-19-15/h9-10,14,17H,3-8,11H2,1-2H3. The summed E-state index contributed by atoms with van der Waals surface area (Å²) in [5, 5.41) is 7.69.